The van der Waals surface area contributed by atoms with Gasteiger partial charge >= 0.3 is 0 Å². The number of hydrogen-bond donors (Lipinski definition) is 0. The van der Waals surface area contributed by atoms with Crippen LogP contribution in [0.3, 0.4) is 0 Å². The Bertz CT molecular complexity index is 396. The summed E-state index contributed by atoms with van der Waals surface area (Å²) >= 11 is 0. The van der Waals surface area contributed by atoms with Gasteiger partial charge in [0.2, 0.25) is 0 Å². The Kier molecular flexibility index (Phi) is 2.48. The van der Waals surface area contributed by atoms with Gasteiger partial charge in [-0.1, -0.05) is 34.6 Å². The van der Waals surface area contributed by atoms with E-state index in [1.165, 1.54) is 0 Å². The maximum Gasteiger partial charge on any atom is 0.136 e. The third-order valence-electron chi connectivity index (χ3n) is 5.04. The third-order valence-corrected chi connectivity index (χ3v) is 5.04. The molecule has 0 amide bonds. The van der Waals surface area contributed by atoms with Crippen LogP contribution in [0.2, 0.25) is 0 Å². The van der Waals surface area contributed by atoms with Crippen LogP contribution < -0.4 is 0 Å². The fraction of sp³-hybridized carbons (Fsp3) is 0.867. The van der Waals surface area contributed by atoms with Gasteiger partial charge in [-0.25, -0.2) is 0 Å². The molecule has 94 valence electrons. The maximum atomic E-state index is 12.1. The van der Waals surface area contributed by atoms with Crippen LogP contribution in [0, 0.1) is 39.4 Å². The van der Waals surface area contributed by atoms with Gasteiger partial charge in [0, 0.05) is 12.3 Å². The van der Waals surface area contributed by atoms with Crippen molar-refractivity contribution in [2.24, 2.45) is 28.1 Å². The zero-order chi connectivity index (χ0) is 13.1. The van der Waals surface area contributed by atoms with Gasteiger partial charge in [-0.05, 0) is 29.6 Å². The monoisotopic (exact) mass is 233 g/mol. The smallest absolute Gasteiger partial charge is 0.136 e. The topological polar surface area (TPSA) is 40.9 Å². The normalized spacial score (nSPS) is 40.1. The fourth-order valence-corrected chi connectivity index (χ4v) is 3.91. The van der Waals surface area contributed by atoms with Gasteiger partial charge in [0.15, 0.2) is 0 Å². The summed E-state index contributed by atoms with van der Waals surface area (Å²) in [5, 5.41) is 9.61. The fourth-order valence-electron chi connectivity index (χ4n) is 3.91. The number of carbonyl (C=O) groups excluding carboxylic acids is 1. The molecule has 0 N–H and O–H groups in total. The summed E-state index contributed by atoms with van der Waals surface area (Å²) in [5.74, 6) is 0.840. The van der Waals surface area contributed by atoms with E-state index in [0.29, 0.717) is 12.2 Å². The maximum absolute atomic E-state index is 12.1. The second-order valence-electron chi connectivity index (χ2n) is 7.76. The number of ketones is 1. The number of Topliss-reactive ketones (excluding diaryl/α,β-unsaturated/α-hetero) is 1. The average molecular weight is 233 g/mol. The standard InChI is InChI=1S/C15H23NO/c1-13(2,3)15(9-16)6-10-11(15)7-14(4,5)8-12(10)17/h10-11H,6-8H2,1-5H3/t10-,11+,15?/m1/s1. The van der Waals surface area contributed by atoms with E-state index in [9.17, 15) is 10.1 Å². The molecule has 2 aliphatic carbocycles. The highest BCUT2D eigenvalue weighted by Gasteiger charge is 2.64. The van der Waals surface area contributed by atoms with Crippen molar-refractivity contribution < 1.29 is 4.79 Å². The second-order valence-corrected chi connectivity index (χ2v) is 7.76. The Labute approximate surface area is 104 Å². The van der Waals surface area contributed by atoms with Gasteiger partial charge in [-0.15, -0.1) is 0 Å². The SMILES string of the molecule is CC1(C)CC(=O)[C@@H]2CC(C#N)(C(C)(C)C)[C@H]2C1. The summed E-state index contributed by atoms with van der Waals surface area (Å²) < 4.78 is 0. The second kappa shape index (κ2) is 3.34. The number of nitrogens with zero attached hydrogens (tertiary/aromatic N) is 1. The van der Waals surface area contributed by atoms with Gasteiger partial charge in [-0.3, -0.25) is 4.79 Å². The van der Waals surface area contributed by atoms with Crippen molar-refractivity contribution in [2.45, 2.75) is 53.9 Å². The first kappa shape index (κ1) is 12.6. The van der Waals surface area contributed by atoms with Gasteiger partial charge in [0.1, 0.15) is 5.78 Å². The van der Waals surface area contributed by atoms with Crippen LogP contribution in [0.4, 0.5) is 0 Å². The zero-order valence-corrected chi connectivity index (χ0v) is 11.6. The van der Waals surface area contributed by atoms with Crippen molar-refractivity contribution in [2.75, 3.05) is 0 Å². The molecule has 0 aromatic carbocycles. The first-order chi connectivity index (χ1) is 7.63. The molecule has 0 radical (unpaired) electrons. The van der Waals surface area contributed by atoms with Crippen molar-refractivity contribution in [1.29, 1.82) is 5.26 Å². The van der Waals surface area contributed by atoms with Crippen LogP contribution in [0.5, 0.6) is 0 Å². The number of fused-ring (bicyclic) bond motifs is 1. The lowest BCUT2D eigenvalue weighted by Crippen LogP contribution is -2.60. The molecule has 2 saturated carbocycles. The summed E-state index contributed by atoms with van der Waals surface area (Å²) in [5.41, 5.74) is -0.242. The zero-order valence-electron chi connectivity index (χ0n) is 11.6. The Morgan fingerprint density at radius 2 is 1.88 bits per heavy atom. The molecule has 0 aromatic rings. The molecule has 0 saturated heterocycles. The highest BCUT2D eigenvalue weighted by atomic mass is 16.1. The Morgan fingerprint density at radius 3 is 2.35 bits per heavy atom. The summed E-state index contributed by atoms with van der Waals surface area (Å²) in [4.78, 5) is 12.1. The van der Waals surface area contributed by atoms with E-state index in [4.69, 9.17) is 0 Å². The van der Waals surface area contributed by atoms with E-state index in [0.717, 1.165) is 12.8 Å². The molecule has 2 rings (SSSR count). The molecule has 2 fully saturated rings. The lowest BCUT2D eigenvalue weighted by Gasteiger charge is -2.61. The average Bonchev–Trinajstić information content (AvgIpc) is 2.09. The van der Waals surface area contributed by atoms with Crippen molar-refractivity contribution in [1.82, 2.24) is 0 Å². The van der Waals surface area contributed by atoms with E-state index in [1.54, 1.807) is 0 Å². The van der Waals surface area contributed by atoms with Crippen molar-refractivity contribution in [3.05, 3.63) is 0 Å². The van der Waals surface area contributed by atoms with Crippen molar-refractivity contribution >= 4 is 5.78 Å². The number of carbonyl (C=O) groups is 1. The van der Waals surface area contributed by atoms with Crippen LogP contribution in [0.1, 0.15) is 53.9 Å². The molecule has 2 heteroatoms. The Hall–Kier alpha value is -0.840. The number of hydrogen-bond acceptors (Lipinski definition) is 2. The minimum atomic E-state index is -0.287. The number of nitriles is 1. The lowest BCUT2D eigenvalue weighted by atomic mass is 9.40. The van der Waals surface area contributed by atoms with Gasteiger partial charge in [0.25, 0.3) is 0 Å². The van der Waals surface area contributed by atoms with Crippen molar-refractivity contribution in [3.63, 3.8) is 0 Å². The minimum Gasteiger partial charge on any atom is -0.299 e. The summed E-state index contributed by atoms with van der Waals surface area (Å²) in [6.45, 7) is 10.7. The highest BCUT2D eigenvalue weighted by Crippen LogP contribution is 2.65. The molecule has 0 aliphatic heterocycles. The van der Waals surface area contributed by atoms with Crippen LogP contribution in [0.15, 0.2) is 0 Å². The summed E-state index contributed by atoms with van der Waals surface area (Å²) in [7, 11) is 0. The number of rotatable bonds is 0. The molecule has 3 atom stereocenters. The van der Waals surface area contributed by atoms with E-state index in [1.807, 2.05) is 0 Å². The summed E-state index contributed by atoms with van der Waals surface area (Å²) in [6, 6.07) is 2.56. The molecule has 1 unspecified atom stereocenters. The molecular weight excluding hydrogens is 210 g/mol. The third kappa shape index (κ3) is 1.63. The van der Waals surface area contributed by atoms with Crippen LogP contribution in [0.25, 0.3) is 0 Å². The Balaban J connectivity index is 2.34. The molecule has 0 spiro atoms. The van der Waals surface area contributed by atoms with Crippen LogP contribution >= 0.6 is 0 Å². The first-order valence-electron chi connectivity index (χ1n) is 6.57. The molecule has 0 bridgehead atoms. The van der Waals surface area contributed by atoms with E-state index < -0.39 is 0 Å². The van der Waals surface area contributed by atoms with Crippen LogP contribution in [-0.4, -0.2) is 5.78 Å². The van der Waals surface area contributed by atoms with Gasteiger partial charge in [-0.2, -0.15) is 5.26 Å². The molecule has 0 aromatic heterocycles. The Morgan fingerprint density at radius 1 is 1.29 bits per heavy atom. The highest BCUT2D eigenvalue weighted by molar-refractivity contribution is 5.84. The molecule has 17 heavy (non-hydrogen) atoms. The molecule has 2 nitrogen and oxygen atoms in total. The van der Waals surface area contributed by atoms with Gasteiger partial charge < -0.3 is 0 Å². The predicted octanol–water partition coefficient (Wildman–Crippen LogP) is 3.57. The molecular formula is C15H23NO. The predicted molar refractivity (Wildman–Crippen MR) is 67.1 cm³/mol. The van der Waals surface area contributed by atoms with Crippen LogP contribution in [-0.2, 0) is 4.79 Å². The molecule has 2 aliphatic rings. The largest absolute Gasteiger partial charge is 0.299 e. The molecule has 0 heterocycles. The summed E-state index contributed by atoms with van der Waals surface area (Å²) in [6.07, 6.45) is 2.50. The lowest BCUT2D eigenvalue weighted by molar-refractivity contribution is -0.160. The van der Waals surface area contributed by atoms with E-state index >= 15 is 0 Å². The van der Waals surface area contributed by atoms with E-state index in [-0.39, 0.29) is 28.1 Å². The van der Waals surface area contributed by atoms with Crippen molar-refractivity contribution in [3.8, 4) is 6.07 Å². The first-order valence-corrected chi connectivity index (χ1v) is 6.57. The minimum absolute atomic E-state index is 0.0311. The van der Waals surface area contributed by atoms with Gasteiger partial charge in [0.05, 0.1) is 11.5 Å². The van der Waals surface area contributed by atoms with E-state index in [2.05, 4.69) is 40.7 Å². The quantitative estimate of drug-likeness (QED) is 0.641.